The molecule has 0 fully saturated rings. The number of nitrogens with one attached hydrogen (secondary N) is 2. The minimum absolute atomic E-state index is 0.212. The molecule has 0 spiro atoms. The van der Waals surface area contributed by atoms with Gasteiger partial charge in [0.1, 0.15) is 6.04 Å². The van der Waals surface area contributed by atoms with Crippen LogP contribution in [0.4, 0.5) is 5.69 Å². The van der Waals surface area contributed by atoms with Crippen LogP contribution in [0, 0.1) is 0 Å². The van der Waals surface area contributed by atoms with Crippen molar-refractivity contribution in [2.75, 3.05) is 5.32 Å². The number of benzene rings is 1. The summed E-state index contributed by atoms with van der Waals surface area (Å²) in [5, 5.41) is 5.31. The van der Waals surface area contributed by atoms with Gasteiger partial charge in [-0.25, -0.2) is 0 Å². The number of anilines is 1. The number of nitrogens with two attached hydrogens (primary N) is 1. The lowest BCUT2D eigenvalue weighted by Gasteiger charge is -2.16. The smallest absolute Gasteiger partial charge is 0.252 e. The van der Waals surface area contributed by atoms with Crippen LogP contribution in [0.3, 0.4) is 0 Å². The molecule has 4 N–H and O–H groups in total. The van der Waals surface area contributed by atoms with E-state index in [-0.39, 0.29) is 11.8 Å². The van der Waals surface area contributed by atoms with Crippen LogP contribution >= 0.6 is 0 Å². The highest BCUT2D eigenvalue weighted by Gasteiger charge is 2.18. The number of hydrogen-bond donors (Lipinski definition) is 3. The lowest BCUT2D eigenvalue weighted by molar-refractivity contribution is -0.120. The molecule has 25 heavy (non-hydrogen) atoms. The van der Waals surface area contributed by atoms with Gasteiger partial charge in [-0.2, -0.15) is 0 Å². The highest BCUT2D eigenvalue weighted by Crippen LogP contribution is 2.12. The molecule has 6 nitrogen and oxygen atoms in total. The van der Waals surface area contributed by atoms with Gasteiger partial charge in [0.15, 0.2) is 0 Å². The van der Waals surface area contributed by atoms with Crippen molar-refractivity contribution < 1.29 is 14.4 Å². The summed E-state index contributed by atoms with van der Waals surface area (Å²) in [6, 6.07) is 5.89. The fourth-order valence-corrected chi connectivity index (χ4v) is 2.60. The highest BCUT2D eigenvalue weighted by molar-refractivity contribution is 5.99. The van der Waals surface area contributed by atoms with E-state index in [2.05, 4.69) is 17.6 Å². The van der Waals surface area contributed by atoms with Crippen LogP contribution in [0.5, 0.6) is 0 Å². The Morgan fingerprint density at radius 1 is 1.08 bits per heavy atom. The Balaban J connectivity index is 2.55. The molecule has 138 valence electrons. The summed E-state index contributed by atoms with van der Waals surface area (Å²) in [5.41, 5.74) is 6.32. The average Bonchev–Trinajstić information content (AvgIpc) is 2.56. The van der Waals surface area contributed by atoms with Gasteiger partial charge in [-0.05, 0) is 24.6 Å². The molecule has 1 aromatic carbocycles. The molecule has 0 aromatic heterocycles. The molecule has 0 saturated heterocycles. The summed E-state index contributed by atoms with van der Waals surface area (Å²) in [7, 11) is 0. The van der Waals surface area contributed by atoms with E-state index in [1.807, 2.05) is 0 Å². The van der Waals surface area contributed by atoms with Crippen molar-refractivity contribution >= 4 is 23.4 Å². The SMILES string of the molecule is CCCCCCCC[C@@H](NC(=O)c1cccc(NC(C)=O)c1)C(N)=O. The Morgan fingerprint density at radius 3 is 2.40 bits per heavy atom. The topological polar surface area (TPSA) is 101 Å². The molecule has 1 aromatic rings. The zero-order chi connectivity index (χ0) is 18.7. The van der Waals surface area contributed by atoms with Crippen LogP contribution in [-0.2, 0) is 9.59 Å². The van der Waals surface area contributed by atoms with Gasteiger partial charge in [0.25, 0.3) is 5.91 Å². The Labute approximate surface area is 149 Å². The van der Waals surface area contributed by atoms with Gasteiger partial charge in [-0.15, -0.1) is 0 Å². The van der Waals surface area contributed by atoms with Gasteiger partial charge < -0.3 is 16.4 Å². The molecule has 0 heterocycles. The fourth-order valence-electron chi connectivity index (χ4n) is 2.60. The summed E-state index contributed by atoms with van der Waals surface area (Å²) in [5.74, 6) is -1.11. The number of carbonyl (C=O) groups is 3. The average molecular weight is 347 g/mol. The van der Waals surface area contributed by atoms with Crippen molar-refractivity contribution in [1.29, 1.82) is 0 Å². The van der Waals surface area contributed by atoms with E-state index in [1.165, 1.54) is 26.2 Å². The van der Waals surface area contributed by atoms with E-state index >= 15 is 0 Å². The van der Waals surface area contributed by atoms with E-state index < -0.39 is 11.9 Å². The predicted molar refractivity (Wildman–Crippen MR) is 99.2 cm³/mol. The fraction of sp³-hybridized carbons (Fsp3) is 0.526. The third-order valence-electron chi connectivity index (χ3n) is 3.94. The number of primary amides is 1. The van der Waals surface area contributed by atoms with E-state index in [0.29, 0.717) is 17.7 Å². The normalized spacial score (nSPS) is 11.6. The third-order valence-corrected chi connectivity index (χ3v) is 3.94. The molecule has 0 aliphatic carbocycles. The van der Waals surface area contributed by atoms with Crippen molar-refractivity contribution in [3.05, 3.63) is 29.8 Å². The maximum Gasteiger partial charge on any atom is 0.252 e. The first-order chi connectivity index (χ1) is 11.9. The lowest BCUT2D eigenvalue weighted by atomic mass is 10.0. The maximum absolute atomic E-state index is 12.3. The first-order valence-electron chi connectivity index (χ1n) is 8.92. The van der Waals surface area contributed by atoms with Crippen molar-refractivity contribution in [3.8, 4) is 0 Å². The Hall–Kier alpha value is -2.37. The molecule has 6 heteroatoms. The van der Waals surface area contributed by atoms with Crippen LogP contribution in [-0.4, -0.2) is 23.8 Å². The van der Waals surface area contributed by atoms with E-state index in [0.717, 1.165) is 19.3 Å². The first kappa shape index (κ1) is 20.7. The molecule has 1 atom stereocenters. The number of unbranched alkanes of at least 4 members (excludes halogenated alkanes) is 5. The lowest BCUT2D eigenvalue weighted by Crippen LogP contribution is -2.44. The number of carbonyl (C=O) groups excluding carboxylic acids is 3. The van der Waals surface area contributed by atoms with Crippen LogP contribution in [0.25, 0.3) is 0 Å². The van der Waals surface area contributed by atoms with Crippen LogP contribution in [0.2, 0.25) is 0 Å². The standard InChI is InChI=1S/C19H29N3O3/c1-3-4-5-6-7-8-12-17(18(20)24)22-19(25)15-10-9-11-16(13-15)21-14(2)23/h9-11,13,17H,3-8,12H2,1-2H3,(H2,20,24)(H,21,23)(H,22,25)/t17-/m1/s1. The van der Waals surface area contributed by atoms with E-state index in [4.69, 9.17) is 5.73 Å². The van der Waals surface area contributed by atoms with Gasteiger partial charge in [-0.3, -0.25) is 14.4 Å². The van der Waals surface area contributed by atoms with Gasteiger partial charge in [-0.1, -0.05) is 51.5 Å². The minimum Gasteiger partial charge on any atom is -0.368 e. The Morgan fingerprint density at radius 2 is 1.76 bits per heavy atom. The third kappa shape index (κ3) is 8.33. The predicted octanol–water partition coefficient (Wildman–Crippen LogP) is 2.98. The van der Waals surface area contributed by atoms with Crippen LogP contribution < -0.4 is 16.4 Å². The number of amides is 3. The van der Waals surface area contributed by atoms with E-state index in [1.54, 1.807) is 24.3 Å². The zero-order valence-corrected chi connectivity index (χ0v) is 15.1. The van der Waals surface area contributed by atoms with Gasteiger partial charge in [0, 0.05) is 18.2 Å². The molecule has 0 saturated carbocycles. The Bertz CT molecular complexity index is 587. The maximum atomic E-state index is 12.3. The quantitative estimate of drug-likeness (QED) is 0.536. The molecule has 1 rings (SSSR count). The van der Waals surface area contributed by atoms with Crippen molar-refractivity contribution in [1.82, 2.24) is 5.32 Å². The summed E-state index contributed by atoms with van der Waals surface area (Å²) >= 11 is 0. The van der Waals surface area contributed by atoms with Crippen LogP contribution in [0.1, 0.15) is 69.2 Å². The molecule has 0 unspecified atom stereocenters. The number of hydrogen-bond acceptors (Lipinski definition) is 3. The van der Waals surface area contributed by atoms with Gasteiger partial charge in [0.2, 0.25) is 11.8 Å². The minimum atomic E-state index is -0.678. The van der Waals surface area contributed by atoms with Crippen molar-refractivity contribution in [3.63, 3.8) is 0 Å². The second kappa shape index (κ2) is 11.2. The Kier molecular flexibility index (Phi) is 9.29. The monoisotopic (exact) mass is 347 g/mol. The van der Waals surface area contributed by atoms with Crippen LogP contribution in [0.15, 0.2) is 24.3 Å². The molecule has 0 bridgehead atoms. The van der Waals surface area contributed by atoms with Gasteiger partial charge in [0.05, 0.1) is 0 Å². The summed E-state index contributed by atoms with van der Waals surface area (Å²) < 4.78 is 0. The second-order valence-corrected chi connectivity index (χ2v) is 6.25. The van der Waals surface area contributed by atoms with Gasteiger partial charge >= 0.3 is 0 Å². The summed E-state index contributed by atoms with van der Waals surface area (Å²) in [6.45, 7) is 3.57. The zero-order valence-electron chi connectivity index (χ0n) is 15.1. The molecule has 0 aliphatic heterocycles. The number of rotatable bonds is 11. The second-order valence-electron chi connectivity index (χ2n) is 6.25. The van der Waals surface area contributed by atoms with Crippen molar-refractivity contribution in [2.24, 2.45) is 5.73 Å². The first-order valence-corrected chi connectivity index (χ1v) is 8.92. The molecular weight excluding hydrogens is 318 g/mol. The summed E-state index contributed by atoms with van der Waals surface area (Å²) in [4.78, 5) is 35.0. The molecular formula is C19H29N3O3. The summed E-state index contributed by atoms with van der Waals surface area (Å²) in [6.07, 6.45) is 7.16. The van der Waals surface area contributed by atoms with E-state index in [9.17, 15) is 14.4 Å². The molecule has 0 aliphatic rings. The molecule has 3 amide bonds. The molecule has 0 radical (unpaired) electrons. The highest BCUT2D eigenvalue weighted by atomic mass is 16.2. The van der Waals surface area contributed by atoms with Crippen molar-refractivity contribution in [2.45, 2.75) is 64.8 Å². The largest absolute Gasteiger partial charge is 0.368 e.